The number of nitrogens with zero attached hydrogens (tertiary/aromatic N) is 1. The Balaban J connectivity index is 1.52. The van der Waals surface area contributed by atoms with E-state index in [1.54, 1.807) is 41.3 Å². The molecule has 2 aliphatic rings. The molecule has 148 valence electrons. The molecule has 2 aromatic carbocycles. The van der Waals surface area contributed by atoms with Crippen LogP contribution in [0, 0.1) is 0 Å². The Labute approximate surface area is 167 Å². The highest BCUT2D eigenvalue weighted by molar-refractivity contribution is 6.04. The second-order valence-corrected chi connectivity index (χ2v) is 7.17. The summed E-state index contributed by atoms with van der Waals surface area (Å²) in [6.07, 6.45) is 2.09. The lowest BCUT2D eigenvalue weighted by atomic mass is 10.0. The average Bonchev–Trinajstić information content (AvgIpc) is 2.96. The molecule has 0 radical (unpaired) electrons. The molecular weight excluding hydrogens is 372 g/mol. The molecule has 1 fully saturated rings. The molecular formula is C22H20N2O5. The lowest BCUT2D eigenvalue weighted by molar-refractivity contribution is -0.132. The summed E-state index contributed by atoms with van der Waals surface area (Å²) in [6.45, 7) is 0.574. The van der Waals surface area contributed by atoms with Crippen LogP contribution in [0.25, 0.3) is 0 Å². The average molecular weight is 392 g/mol. The largest absolute Gasteiger partial charge is 0.489 e. The molecule has 7 nitrogen and oxygen atoms in total. The number of imide groups is 1. The fourth-order valence-electron chi connectivity index (χ4n) is 3.78. The summed E-state index contributed by atoms with van der Waals surface area (Å²) in [5.41, 5.74) is 2.83. The Morgan fingerprint density at radius 2 is 1.90 bits per heavy atom. The number of ether oxygens (including phenoxy) is 1. The fourth-order valence-corrected chi connectivity index (χ4v) is 3.78. The zero-order chi connectivity index (χ0) is 20.4. The Morgan fingerprint density at radius 3 is 2.66 bits per heavy atom. The highest BCUT2D eigenvalue weighted by Crippen LogP contribution is 2.30. The summed E-state index contributed by atoms with van der Waals surface area (Å²) in [7, 11) is 0. The molecule has 0 spiro atoms. The van der Waals surface area contributed by atoms with Gasteiger partial charge in [-0.2, -0.15) is 0 Å². The molecule has 1 atom stereocenters. The summed E-state index contributed by atoms with van der Waals surface area (Å²) < 4.78 is 5.82. The summed E-state index contributed by atoms with van der Waals surface area (Å²) in [4.78, 5) is 49.2. The second-order valence-electron chi connectivity index (χ2n) is 7.17. The molecule has 3 amide bonds. The predicted molar refractivity (Wildman–Crippen MR) is 103 cm³/mol. The lowest BCUT2D eigenvalue weighted by Crippen LogP contribution is -2.46. The second kappa shape index (κ2) is 7.87. The van der Waals surface area contributed by atoms with Crippen LogP contribution in [0.5, 0.6) is 5.75 Å². The Bertz CT molecular complexity index is 983. The van der Waals surface area contributed by atoms with Crippen LogP contribution < -0.4 is 10.1 Å². The van der Waals surface area contributed by atoms with Gasteiger partial charge in [-0.05, 0) is 54.3 Å². The van der Waals surface area contributed by atoms with Gasteiger partial charge in [-0.15, -0.1) is 0 Å². The fraction of sp³-hybridized carbons (Fsp3) is 0.273. The molecule has 7 heteroatoms. The first-order valence-corrected chi connectivity index (χ1v) is 9.50. The third-order valence-electron chi connectivity index (χ3n) is 5.33. The summed E-state index contributed by atoms with van der Waals surface area (Å²) in [5, 5.41) is 2.37. The third-order valence-corrected chi connectivity index (χ3v) is 5.33. The number of fused-ring (bicyclic) bond motifs is 1. The standard InChI is InChI=1S/C22H20N2O5/c25-12-14-7-9-16(10-8-14)29-13-15-3-1-4-17-18(15)11-24(22(17)28)19-5-2-6-20(26)23-21(19)27/h1,3-4,7-10,12,19H,2,5-6,11,13H2,(H,23,26,27)/t19-/m0/s1. The van der Waals surface area contributed by atoms with Gasteiger partial charge in [0.05, 0.1) is 0 Å². The molecule has 29 heavy (non-hydrogen) atoms. The summed E-state index contributed by atoms with van der Waals surface area (Å²) in [6, 6.07) is 11.6. The van der Waals surface area contributed by atoms with Crippen molar-refractivity contribution >= 4 is 24.0 Å². The van der Waals surface area contributed by atoms with Gasteiger partial charge < -0.3 is 9.64 Å². The molecule has 2 heterocycles. The first-order chi connectivity index (χ1) is 14.1. The predicted octanol–water partition coefficient (Wildman–Crippen LogP) is 2.23. The first-order valence-electron chi connectivity index (χ1n) is 9.50. The number of nitrogens with one attached hydrogen (secondary N) is 1. The zero-order valence-electron chi connectivity index (χ0n) is 15.7. The topological polar surface area (TPSA) is 92.8 Å². The van der Waals surface area contributed by atoms with Crippen molar-refractivity contribution in [3.63, 3.8) is 0 Å². The van der Waals surface area contributed by atoms with E-state index in [1.807, 2.05) is 6.07 Å². The number of amides is 3. The molecule has 1 saturated heterocycles. The van der Waals surface area contributed by atoms with E-state index in [-0.39, 0.29) is 18.4 Å². The van der Waals surface area contributed by atoms with E-state index in [0.29, 0.717) is 42.7 Å². The van der Waals surface area contributed by atoms with E-state index in [1.165, 1.54) is 0 Å². The van der Waals surface area contributed by atoms with Crippen LogP contribution in [0.3, 0.4) is 0 Å². The maximum atomic E-state index is 12.9. The van der Waals surface area contributed by atoms with Gasteiger partial charge in [0, 0.05) is 24.1 Å². The molecule has 4 rings (SSSR count). The molecule has 0 aromatic heterocycles. The van der Waals surface area contributed by atoms with Crippen LogP contribution in [0.4, 0.5) is 0 Å². The normalized spacial score (nSPS) is 18.8. The van der Waals surface area contributed by atoms with Crippen molar-refractivity contribution in [1.29, 1.82) is 0 Å². The Hall–Kier alpha value is -3.48. The number of carbonyl (C=O) groups excluding carboxylic acids is 4. The van der Waals surface area contributed by atoms with Gasteiger partial charge >= 0.3 is 0 Å². The molecule has 1 N–H and O–H groups in total. The van der Waals surface area contributed by atoms with E-state index in [4.69, 9.17) is 4.74 Å². The molecule has 0 saturated carbocycles. The van der Waals surface area contributed by atoms with E-state index in [0.717, 1.165) is 17.4 Å². The van der Waals surface area contributed by atoms with Crippen LogP contribution in [0.15, 0.2) is 42.5 Å². The first kappa shape index (κ1) is 18.9. The van der Waals surface area contributed by atoms with Crippen LogP contribution in [0.1, 0.15) is 51.1 Å². The highest BCUT2D eigenvalue weighted by atomic mass is 16.5. The maximum absolute atomic E-state index is 12.9. The minimum absolute atomic E-state index is 0.202. The van der Waals surface area contributed by atoms with Gasteiger partial charge in [-0.1, -0.05) is 12.1 Å². The Morgan fingerprint density at radius 1 is 1.10 bits per heavy atom. The van der Waals surface area contributed by atoms with Gasteiger partial charge in [0.1, 0.15) is 24.7 Å². The van der Waals surface area contributed by atoms with E-state index in [9.17, 15) is 19.2 Å². The molecule has 0 aliphatic carbocycles. The van der Waals surface area contributed by atoms with Crippen LogP contribution >= 0.6 is 0 Å². The van der Waals surface area contributed by atoms with Crippen molar-refractivity contribution in [3.05, 3.63) is 64.7 Å². The zero-order valence-corrected chi connectivity index (χ0v) is 15.7. The van der Waals surface area contributed by atoms with E-state index < -0.39 is 11.9 Å². The monoisotopic (exact) mass is 392 g/mol. The minimum atomic E-state index is -0.647. The lowest BCUT2D eigenvalue weighted by Gasteiger charge is -2.24. The summed E-state index contributed by atoms with van der Waals surface area (Å²) in [5.74, 6) is -0.291. The van der Waals surface area contributed by atoms with Crippen molar-refractivity contribution in [3.8, 4) is 5.75 Å². The number of hydrogen-bond acceptors (Lipinski definition) is 5. The van der Waals surface area contributed by atoms with Crippen LogP contribution in [-0.2, 0) is 22.7 Å². The summed E-state index contributed by atoms with van der Waals surface area (Å²) >= 11 is 0. The Kier molecular flexibility index (Phi) is 5.12. The van der Waals surface area contributed by atoms with Crippen molar-refractivity contribution in [2.75, 3.05) is 0 Å². The molecule has 0 bridgehead atoms. The van der Waals surface area contributed by atoms with Gasteiger partial charge in [0.25, 0.3) is 5.91 Å². The number of hydrogen-bond donors (Lipinski definition) is 1. The highest BCUT2D eigenvalue weighted by Gasteiger charge is 2.38. The van der Waals surface area contributed by atoms with Crippen molar-refractivity contribution in [2.24, 2.45) is 0 Å². The number of aldehydes is 1. The molecule has 0 unspecified atom stereocenters. The van der Waals surface area contributed by atoms with Crippen LogP contribution in [0.2, 0.25) is 0 Å². The smallest absolute Gasteiger partial charge is 0.255 e. The van der Waals surface area contributed by atoms with Crippen molar-refractivity contribution < 1.29 is 23.9 Å². The van der Waals surface area contributed by atoms with Crippen LogP contribution in [-0.4, -0.2) is 34.9 Å². The molecule has 2 aromatic rings. The van der Waals surface area contributed by atoms with Crippen molar-refractivity contribution in [2.45, 2.75) is 38.5 Å². The van der Waals surface area contributed by atoms with Gasteiger partial charge in [0.2, 0.25) is 11.8 Å². The van der Waals surface area contributed by atoms with Gasteiger partial charge in [-0.25, -0.2) is 0 Å². The van der Waals surface area contributed by atoms with Gasteiger partial charge in [0.15, 0.2) is 0 Å². The maximum Gasteiger partial charge on any atom is 0.255 e. The minimum Gasteiger partial charge on any atom is -0.489 e. The van der Waals surface area contributed by atoms with E-state index in [2.05, 4.69) is 5.32 Å². The van der Waals surface area contributed by atoms with Gasteiger partial charge in [-0.3, -0.25) is 24.5 Å². The third kappa shape index (κ3) is 3.76. The van der Waals surface area contributed by atoms with Crippen molar-refractivity contribution in [1.82, 2.24) is 10.2 Å². The number of benzene rings is 2. The SMILES string of the molecule is O=Cc1ccc(OCc2cccc3c2CN([C@H]2CCCC(=O)NC2=O)C3=O)cc1. The number of carbonyl (C=O) groups is 4. The quantitative estimate of drug-likeness (QED) is 0.622. The number of rotatable bonds is 5. The molecule has 2 aliphatic heterocycles. The van der Waals surface area contributed by atoms with E-state index >= 15 is 0 Å².